The van der Waals surface area contributed by atoms with Crippen LogP contribution in [0.2, 0.25) is 0 Å². The molecule has 2 aliphatic heterocycles. The van der Waals surface area contributed by atoms with Crippen LogP contribution in [0.4, 0.5) is 10.5 Å². The molecular weight excluding hydrogens is 412 g/mol. The molecule has 0 radical (unpaired) electrons. The fraction of sp³-hybridized carbons (Fsp3) is 0.636. The minimum absolute atomic E-state index is 0.168. The fourth-order valence-corrected chi connectivity index (χ4v) is 5.18. The standard InChI is InChI=1S/C22H36N6O2S/c1-4-7-28(30-8-6-25-22(29)24-5-2)15-16-10-20-19(26-21(23)11-16)12-18(31-20)9-17-13-27(3)14-17/h10,12,17H,4-9,11,13-15H2,1-3H3,(H2,23,26)(H2,24,25,29). The summed E-state index contributed by atoms with van der Waals surface area (Å²) in [5.41, 5.74) is 8.42. The van der Waals surface area contributed by atoms with Gasteiger partial charge in [-0.15, -0.1) is 11.3 Å². The van der Waals surface area contributed by atoms with Gasteiger partial charge in [-0.3, -0.25) is 4.84 Å². The minimum atomic E-state index is -0.168. The van der Waals surface area contributed by atoms with Gasteiger partial charge in [-0.1, -0.05) is 6.92 Å². The first-order chi connectivity index (χ1) is 15.0. The van der Waals surface area contributed by atoms with Gasteiger partial charge in [0, 0.05) is 50.6 Å². The minimum Gasteiger partial charge on any atom is -0.387 e. The Kier molecular flexibility index (Phi) is 8.89. The number of thiophene rings is 1. The van der Waals surface area contributed by atoms with E-state index in [1.54, 1.807) is 0 Å². The fourth-order valence-electron chi connectivity index (χ4n) is 3.97. The summed E-state index contributed by atoms with van der Waals surface area (Å²) in [6.45, 7) is 9.35. The molecule has 1 fully saturated rings. The van der Waals surface area contributed by atoms with E-state index < -0.39 is 0 Å². The second-order valence-corrected chi connectivity index (χ2v) is 9.49. The molecule has 0 spiro atoms. The zero-order valence-corrected chi connectivity index (χ0v) is 19.8. The number of rotatable bonds is 11. The highest BCUT2D eigenvalue weighted by molar-refractivity contribution is 7.13. The quantitative estimate of drug-likeness (QED) is 0.357. The van der Waals surface area contributed by atoms with Gasteiger partial charge in [-0.05, 0) is 50.4 Å². The number of nitrogens with one attached hydrogen (secondary N) is 2. The van der Waals surface area contributed by atoms with Crippen LogP contribution >= 0.6 is 11.3 Å². The number of urea groups is 1. The van der Waals surface area contributed by atoms with E-state index in [-0.39, 0.29) is 6.03 Å². The van der Waals surface area contributed by atoms with Gasteiger partial charge >= 0.3 is 6.03 Å². The molecule has 2 amide bonds. The highest BCUT2D eigenvalue weighted by Gasteiger charge is 2.25. The summed E-state index contributed by atoms with van der Waals surface area (Å²) in [5.74, 6) is 1.39. The first kappa shape index (κ1) is 23.7. The summed E-state index contributed by atoms with van der Waals surface area (Å²) in [7, 11) is 2.17. The molecule has 4 N–H and O–H groups in total. The molecule has 0 unspecified atom stereocenters. The maximum absolute atomic E-state index is 11.5. The lowest BCUT2D eigenvalue weighted by molar-refractivity contribution is -0.150. The van der Waals surface area contributed by atoms with Gasteiger partial charge in [0.15, 0.2) is 0 Å². The molecule has 0 saturated carbocycles. The van der Waals surface area contributed by atoms with E-state index >= 15 is 0 Å². The van der Waals surface area contributed by atoms with Crippen LogP contribution in [-0.4, -0.2) is 74.8 Å². The van der Waals surface area contributed by atoms with E-state index in [2.05, 4.69) is 46.6 Å². The summed E-state index contributed by atoms with van der Waals surface area (Å²) in [6, 6.07) is 2.04. The number of hydroxylamine groups is 2. The summed E-state index contributed by atoms with van der Waals surface area (Å²) in [6.07, 6.45) is 4.97. The first-order valence-electron chi connectivity index (χ1n) is 11.2. The van der Waals surface area contributed by atoms with Crippen molar-refractivity contribution in [2.45, 2.75) is 33.1 Å². The molecule has 31 heavy (non-hydrogen) atoms. The maximum Gasteiger partial charge on any atom is 0.314 e. The van der Waals surface area contributed by atoms with Crippen LogP contribution in [0.15, 0.2) is 16.6 Å². The molecule has 1 aromatic heterocycles. The number of nitrogens with zero attached hydrogens (tertiary/aromatic N) is 3. The van der Waals surface area contributed by atoms with Crippen molar-refractivity contribution in [2.24, 2.45) is 16.6 Å². The van der Waals surface area contributed by atoms with E-state index in [1.165, 1.54) is 28.4 Å². The third-order valence-electron chi connectivity index (χ3n) is 5.28. The van der Waals surface area contributed by atoms with Crippen LogP contribution in [-0.2, 0) is 11.3 Å². The van der Waals surface area contributed by atoms with Crippen LogP contribution in [0.1, 0.15) is 36.4 Å². The van der Waals surface area contributed by atoms with Crippen LogP contribution in [0, 0.1) is 5.92 Å². The van der Waals surface area contributed by atoms with Crippen molar-refractivity contribution in [1.29, 1.82) is 0 Å². The molecule has 0 atom stereocenters. The van der Waals surface area contributed by atoms with Crippen molar-refractivity contribution in [3.8, 4) is 0 Å². The normalized spacial score (nSPS) is 16.9. The monoisotopic (exact) mass is 448 g/mol. The van der Waals surface area contributed by atoms with Gasteiger partial charge in [0.2, 0.25) is 0 Å². The van der Waals surface area contributed by atoms with E-state index in [1.807, 2.05) is 23.3 Å². The Morgan fingerprint density at radius 3 is 2.90 bits per heavy atom. The summed E-state index contributed by atoms with van der Waals surface area (Å²) < 4.78 is 0. The Hall–Kier alpha value is -1.94. The molecule has 0 aromatic carbocycles. The number of carbonyl (C=O) groups is 1. The number of hydrogen-bond donors (Lipinski definition) is 3. The lowest BCUT2D eigenvalue weighted by atomic mass is 9.96. The third kappa shape index (κ3) is 7.31. The molecule has 3 rings (SSSR count). The largest absolute Gasteiger partial charge is 0.387 e. The number of nitrogens with two attached hydrogens (primary N) is 1. The van der Waals surface area contributed by atoms with Crippen molar-refractivity contribution in [1.82, 2.24) is 20.6 Å². The van der Waals surface area contributed by atoms with Gasteiger partial charge in [0.1, 0.15) is 5.84 Å². The Morgan fingerprint density at radius 2 is 2.19 bits per heavy atom. The number of amidine groups is 1. The summed E-state index contributed by atoms with van der Waals surface area (Å²) >= 11 is 1.83. The summed E-state index contributed by atoms with van der Waals surface area (Å²) in [5, 5.41) is 7.46. The summed E-state index contributed by atoms with van der Waals surface area (Å²) in [4.78, 5) is 27.0. The topological polar surface area (TPSA) is 95.2 Å². The number of fused-ring (bicyclic) bond motifs is 1. The number of aliphatic imine (C=N–C) groups is 1. The molecular formula is C22H36N6O2S. The van der Waals surface area contributed by atoms with Crippen molar-refractivity contribution < 1.29 is 9.63 Å². The van der Waals surface area contributed by atoms with Gasteiger partial charge in [-0.25, -0.2) is 9.79 Å². The smallest absolute Gasteiger partial charge is 0.314 e. The highest BCUT2D eigenvalue weighted by atomic mass is 32.1. The molecule has 8 nitrogen and oxygen atoms in total. The third-order valence-corrected chi connectivity index (χ3v) is 6.37. The van der Waals surface area contributed by atoms with Crippen molar-refractivity contribution >= 4 is 35.0 Å². The van der Waals surface area contributed by atoms with Crippen molar-refractivity contribution in [3.05, 3.63) is 21.4 Å². The average Bonchev–Trinajstić information content (AvgIpc) is 2.97. The molecule has 9 heteroatoms. The lowest BCUT2D eigenvalue weighted by Gasteiger charge is -2.35. The second kappa shape index (κ2) is 11.6. The number of hydrogen-bond acceptors (Lipinski definition) is 7. The molecule has 2 aliphatic rings. The van der Waals surface area contributed by atoms with Crippen LogP contribution in [0.5, 0.6) is 0 Å². The Balaban J connectivity index is 1.58. The van der Waals surface area contributed by atoms with Gasteiger partial charge in [0.25, 0.3) is 0 Å². The number of amides is 2. The Labute approximate surface area is 189 Å². The molecule has 1 aromatic rings. The predicted molar refractivity (Wildman–Crippen MR) is 128 cm³/mol. The number of carbonyl (C=O) groups excluding carboxylic acids is 1. The zero-order chi connectivity index (χ0) is 22.2. The van der Waals surface area contributed by atoms with Gasteiger partial charge < -0.3 is 21.3 Å². The maximum atomic E-state index is 11.5. The Bertz CT molecular complexity index is 800. The SMILES string of the molecule is CCCN(CC1=Cc2sc(CC3CN(C)C3)cc2N=C(N)C1)OCCNC(=O)NCC. The van der Waals surface area contributed by atoms with Crippen LogP contribution in [0.3, 0.4) is 0 Å². The van der Waals surface area contributed by atoms with Crippen molar-refractivity contribution in [2.75, 3.05) is 52.9 Å². The van der Waals surface area contributed by atoms with Crippen molar-refractivity contribution in [3.63, 3.8) is 0 Å². The predicted octanol–water partition coefficient (Wildman–Crippen LogP) is 2.59. The van der Waals surface area contributed by atoms with E-state index in [4.69, 9.17) is 10.6 Å². The average molecular weight is 449 g/mol. The molecule has 0 aliphatic carbocycles. The highest BCUT2D eigenvalue weighted by Crippen LogP contribution is 2.36. The zero-order valence-electron chi connectivity index (χ0n) is 18.9. The molecule has 0 bridgehead atoms. The molecule has 3 heterocycles. The Morgan fingerprint density at radius 1 is 1.39 bits per heavy atom. The lowest BCUT2D eigenvalue weighted by Crippen LogP contribution is -2.44. The molecule has 172 valence electrons. The second-order valence-electron chi connectivity index (χ2n) is 8.32. The van der Waals surface area contributed by atoms with Gasteiger partial charge in [0.05, 0.1) is 17.2 Å². The van der Waals surface area contributed by atoms with Gasteiger partial charge in [-0.2, -0.15) is 5.06 Å². The van der Waals surface area contributed by atoms with E-state index in [9.17, 15) is 4.79 Å². The van der Waals surface area contributed by atoms with E-state index in [0.717, 1.165) is 31.0 Å². The van der Waals surface area contributed by atoms with E-state index in [0.29, 0.717) is 38.5 Å². The first-order valence-corrected chi connectivity index (χ1v) is 12.0. The number of likely N-dealkylation sites (tertiary alicyclic amines) is 1. The van der Waals surface area contributed by atoms with Crippen LogP contribution < -0.4 is 16.4 Å². The van der Waals surface area contributed by atoms with Crippen LogP contribution in [0.25, 0.3) is 6.08 Å². The molecule has 1 saturated heterocycles.